The van der Waals surface area contributed by atoms with E-state index in [1.54, 1.807) is 13.0 Å². The maximum absolute atomic E-state index is 11.8. The Kier molecular flexibility index (Phi) is 6.02. The number of hydrazone groups is 1. The molecule has 0 atom stereocenters. The molecular formula is C16H14BrN3O4. The number of amides is 1. The zero-order chi connectivity index (χ0) is 17.5. The smallest absolute Gasteiger partial charge is 0.310 e. The second-order valence-electron chi connectivity index (χ2n) is 4.76. The fourth-order valence-electron chi connectivity index (χ4n) is 1.83. The first-order valence-electron chi connectivity index (χ1n) is 6.92. The Labute approximate surface area is 146 Å². The normalized spacial score (nSPS) is 11.0. The van der Waals surface area contributed by atoms with Gasteiger partial charge >= 0.3 is 5.69 Å². The molecule has 1 N–H and O–H groups in total. The number of benzene rings is 2. The van der Waals surface area contributed by atoms with Crippen LogP contribution in [0.2, 0.25) is 0 Å². The van der Waals surface area contributed by atoms with Crippen molar-refractivity contribution in [2.75, 3.05) is 6.61 Å². The van der Waals surface area contributed by atoms with E-state index in [0.29, 0.717) is 5.71 Å². The van der Waals surface area contributed by atoms with Gasteiger partial charge in [-0.1, -0.05) is 40.2 Å². The topological polar surface area (TPSA) is 93.8 Å². The predicted octanol–water partition coefficient (Wildman–Crippen LogP) is 3.28. The van der Waals surface area contributed by atoms with Crippen molar-refractivity contribution >= 4 is 33.2 Å². The van der Waals surface area contributed by atoms with Crippen LogP contribution < -0.4 is 10.2 Å². The van der Waals surface area contributed by atoms with E-state index in [1.807, 2.05) is 24.3 Å². The molecule has 0 saturated carbocycles. The molecule has 24 heavy (non-hydrogen) atoms. The second-order valence-corrected chi connectivity index (χ2v) is 5.67. The lowest BCUT2D eigenvalue weighted by molar-refractivity contribution is -0.385. The van der Waals surface area contributed by atoms with Crippen molar-refractivity contribution in [1.82, 2.24) is 5.43 Å². The summed E-state index contributed by atoms with van der Waals surface area (Å²) in [7, 11) is 0. The first-order chi connectivity index (χ1) is 11.5. The summed E-state index contributed by atoms with van der Waals surface area (Å²) in [6.45, 7) is 1.38. The minimum absolute atomic E-state index is 0.0327. The lowest BCUT2D eigenvalue weighted by Crippen LogP contribution is -2.25. The number of para-hydroxylation sites is 2. The van der Waals surface area contributed by atoms with Gasteiger partial charge in [0.1, 0.15) is 0 Å². The number of carbonyl (C=O) groups is 1. The van der Waals surface area contributed by atoms with Gasteiger partial charge in [-0.2, -0.15) is 5.10 Å². The third kappa shape index (κ3) is 4.88. The molecule has 0 aromatic heterocycles. The summed E-state index contributed by atoms with van der Waals surface area (Å²) >= 11 is 3.36. The quantitative estimate of drug-likeness (QED) is 0.464. The maximum Gasteiger partial charge on any atom is 0.310 e. The highest BCUT2D eigenvalue weighted by Crippen LogP contribution is 2.25. The Balaban J connectivity index is 1.94. The Morgan fingerprint density at radius 3 is 2.75 bits per heavy atom. The van der Waals surface area contributed by atoms with Gasteiger partial charge in [0, 0.05) is 10.5 Å². The number of nitrogens with one attached hydrogen (secondary N) is 1. The molecule has 1 amide bonds. The molecule has 0 bridgehead atoms. The summed E-state index contributed by atoms with van der Waals surface area (Å²) in [5.41, 5.74) is 3.63. The Bertz CT molecular complexity index is 792. The van der Waals surface area contributed by atoms with Crippen LogP contribution in [0.4, 0.5) is 5.69 Å². The summed E-state index contributed by atoms with van der Waals surface area (Å²) in [6.07, 6.45) is 0. The van der Waals surface area contributed by atoms with E-state index in [0.717, 1.165) is 10.0 Å². The molecule has 8 heteroatoms. The van der Waals surface area contributed by atoms with Gasteiger partial charge in [-0.05, 0) is 30.7 Å². The molecule has 2 aromatic rings. The van der Waals surface area contributed by atoms with Gasteiger partial charge in [-0.3, -0.25) is 14.9 Å². The van der Waals surface area contributed by atoms with E-state index in [4.69, 9.17) is 4.74 Å². The molecular weight excluding hydrogens is 378 g/mol. The van der Waals surface area contributed by atoms with Crippen LogP contribution >= 0.6 is 15.9 Å². The van der Waals surface area contributed by atoms with Gasteiger partial charge < -0.3 is 4.74 Å². The maximum atomic E-state index is 11.8. The van der Waals surface area contributed by atoms with Crippen LogP contribution in [0.25, 0.3) is 0 Å². The van der Waals surface area contributed by atoms with Crippen molar-refractivity contribution < 1.29 is 14.5 Å². The van der Waals surface area contributed by atoms with Crippen molar-refractivity contribution in [2.24, 2.45) is 5.10 Å². The number of nitrogens with zero attached hydrogens (tertiary/aromatic N) is 2. The SMILES string of the molecule is C/C(=N/NC(=O)COc1ccccc1[N+](=O)[O-])c1cccc(Br)c1. The summed E-state index contributed by atoms with van der Waals surface area (Å²) in [6, 6.07) is 13.3. The molecule has 0 saturated heterocycles. The van der Waals surface area contributed by atoms with Gasteiger partial charge in [0.15, 0.2) is 12.4 Å². The molecule has 0 radical (unpaired) electrons. The van der Waals surface area contributed by atoms with Crippen LogP contribution in [0.15, 0.2) is 58.1 Å². The number of carbonyl (C=O) groups excluding carboxylic acids is 1. The van der Waals surface area contributed by atoms with Gasteiger partial charge in [0.25, 0.3) is 5.91 Å². The monoisotopic (exact) mass is 391 g/mol. The minimum Gasteiger partial charge on any atom is -0.477 e. The number of nitro benzene ring substituents is 1. The predicted molar refractivity (Wildman–Crippen MR) is 93.1 cm³/mol. The van der Waals surface area contributed by atoms with E-state index in [1.165, 1.54) is 18.2 Å². The second kappa shape index (κ2) is 8.21. The van der Waals surface area contributed by atoms with Gasteiger partial charge in [0.2, 0.25) is 0 Å². The third-order valence-corrected chi connectivity index (χ3v) is 3.50. The lowest BCUT2D eigenvalue weighted by Gasteiger charge is -2.06. The van der Waals surface area contributed by atoms with Gasteiger partial charge in [-0.25, -0.2) is 5.43 Å². The Hall–Kier alpha value is -2.74. The van der Waals surface area contributed by atoms with Crippen LogP contribution in [-0.2, 0) is 4.79 Å². The van der Waals surface area contributed by atoms with Crippen LogP contribution in [0.3, 0.4) is 0 Å². The highest BCUT2D eigenvalue weighted by atomic mass is 79.9. The number of halogens is 1. The van der Waals surface area contributed by atoms with Crippen molar-refractivity contribution in [1.29, 1.82) is 0 Å². The molecule has 0 aliphatic carbocycles. The van der Waals surface area contributed by atoms with Gasteiger partial charge in [0.05, 0.1) is 10.6 Å². The molecule has 0 fully saturated rings. The van der Waals surface area contributed by atoms with E-state index in [2.05, 4.69) is 26.5 Å². The molecule has 0 unspecified atom stereocenters. The first kappa shape index (κ1) is 17.6. The summed E-state index contributed by atoms with van der Waals surface area (Å²) in [5, 5.41) is 14.9. The average molecular weight is 392 g/mol. The zero-order valence-corrected chi connectivity index (χ0v) is 14.3. The molecule has 7 nitrogen and oxygen atoms in total. The van der Waals surface area contributed by atoms with E-state index >= 15 is 0 Å². The molecule has 0 aliphatic rings. The number of hydrogen-bond donors (Lipinski definition) is 1. The van der Waals surface area contributed by atoms with Crippen LogP contribution in [0, 0.1) is 10.1 Å². The average Bonchev–Trinajstić information content (AvgIpc) is 2.58. The fraction of sp³-hybridized carbons (Fsp3) is 0.125. The van der Waals surface area contributed by atoms with Gasteiger partial charge in [-0.15, -0.1) is 0 Å². The molecule has 124 valence electrons. The van der Waals surface area contributed by atoms with E-state index < -0.39 is 10.8 Å². The number of hydrogen-bond acceptors (Lipinski definition) is 5. The first-order valence-corrected chi connectivity index (χ1v) is 7.72. The largest absolute Gasteiger partial charge is 0.477 e. The molecule has 2 aromatic carbocycles. The summed E-state index contributed by atoms with van der Waals surface area (Å²) < 4.78 is 6.09. The summed E-state index contributed by atoms with van der Waals surface area (Å²) in [4.78, 5) is 22.1. The van der Waals surface area contributed by atoms with E-state index in [-0.39, 0.29) is 18.0 Å². The highest BCUT2D eigenvalue weighted by molar-refractivity contribution is 9.10. The minimum atomic E-state index is -0.567. The van der Waals surface area contributed by atoms with Crippen molar-refractivity contribution in [3.63, 3.8) is 0 Å². The Morgan fingerprint density at radius 2 is 2.04 bits per heavy atom. The standard InChI is InChI=1S/C16H14BrN3O4/c1-11(12-5-4-6-13(17)9-12)18-19-16(21)10-24-15-8-3-2-7-14(15)20(22)23/h2-9H,10H2,1H3,(H,19,21)/b18-11-. The lowest BCUT2D eigenvalue weighted by atomic mass is 10.1. The highest BCUT2D eigenvalue weighted by Gasteiger charge is 2.14. The van der Waals surface area contributed by atoms with E-state index in [9.17, 15) is 14.9 Å². The fourth-order valence-corrected chi connectivity index (χ4v) is 2.23. The van der Waals surface area contributed by atoms with Crippen LogP contribution in [0.1, 0.15) is 12.5 Å². The number of ether oxygens (including phenoxy) is 1. The van der Waals surface area contributed by atoms with Crippen molar-refractivity contribution in [3.8, 4) is 5.75 Å². The van der Waals surface area contributed by atoms with Crippen LogP contribution in [-0.4, -0.2) is 23.1 Å². The molecule has 0 spiro atoms. The Morgan fingerprint density at radius 1 is 1.29 bits per heavy atom. The number of nitro groups is 1. The molecule has 0 aliphatic heterocycles. The molecule has 2 rings (SSSR count). The summed E-state index contributed by atoms with van der Waals surface area (Å²) in [5.74, 6) is -0.479. The third-order valence-electron chi connectivity index (χ3n) is 3.01. The zero-order valence-electron chi connectivity index (χ0n) is 12.7. The van der Waals surface area contributed by atoms with Crippen molar-refractivity contribution in [2.45, 2.75) is 6.92 Å². The van der Waals surface area contributed by atoms with Crippen molar-refractivity contribution in [3.05, 3.63) is 68.7 Å². The van der Waals surface area contributed by atoms with Crippen LogP contribution in [0.5, 0.6) is 5.75 Å². The number of rotatable bonds is 6. The molecule has 0 heterocycles.